The van der Waals surface area contributed by atoms with Gasteiger partial charge in [0.05, 0.1) is 19.9 Å². The Morgan fingerprint density at radius 3 is 2.49 bits per heavy atom. The largest absolute Gasteiger partial charge is 0.402 e. The average Bonchev–Trinajstić information content (AvgIpc) is 3.36. The molecule has 0 aliphatic carbocycles. The summed E-state index contributed by atoms with van der Waals surface area (Å²) in [5.41, 5.74) is 15.7. The number of aromatic nitrogens is 2. The number of rotatable bonds is 14. The van der Waals surface area contributed by atoms with Gasteiger partial charge in [-0.05, 0) is 49.0 Å². The lowest BCUT2D eigenvalue weighted by Crippen LogP contribution is -2.80. The number of nitrogens with two attached hydrogens (primary N) is 3. The minimum absolute atomic E-state index is 0.0749. The van der Waals surface area contributed by atoms with Gasteiger partial charge < -0.3 is 22.1 Å². The van der Waals surface area contributed by atoms with E-state index >= 15 is 0 Å². The van der Waals surface area contributed by atoms with Crippen LogP contribution in [0, 0.1) is 0 Å². The third-order valence-electron chi connectivity index (χ3n) is 5.94. The van der Waals surface area contributed by atoms with Crippen molar-refractivity contribution in [3.63, 3.8) is 0 Å². The normalized spacial score (nSPS) is 12.7. The van der Waals surface area contributed by atoms with Crippen molar-refractivity contribution >= 4 is 28.3 Å². The van der Waals surface area contributed by atoms with E-state index in [1.807, 2.05) is 86.0 Å². The summed E-state index contributed by atoms with van der Waals surface area (Å²) in [7, 11) is 1.87. The van der Waals surface area contributed by atoms with Gasteiger partial charge >= 0.3 is 0 Å². The molecule has 8 N–H and O–H groups in total. The Hall–Kier alpha value is -3.86. The van der Waals surface area contributed by atoms with Crippen molar-refractivity contribution in [2.75, 3.05) is 12.4 Å². The number of anilines is 1. The Morgan fingerprint density at radius 1 is 1.00 bits per heavy atom. The highest BCUT2D eigenvalue weighted by atomic mass is 32.1. The Labute approximate surface area is 233 Å². The highest BCUT2D eigenvalue weighted by molar-refractivity contribution is 7.15. The Kier molecular flexibility index (Phi) is 11.8. The number of unbranched alkanes of at least 4 members (excludes halogenated alkanes) is 1. The number of allylic oxidation sites excluding steroid dienone is 3. The van der Waals surface area contributed by atoms with Gasteiger partial charge in [-0.2, -0.15) is 0 Å². The Bertz CT molecular complexity index is 1290. The number of amides is 2. The average molecular weight is 549 g/mol. The van der Waals surface area contributed by atoms with Gasteiger partial charge in [0, 0.05) is 24.2 Å². The van der Waals surface area contributed by atoms with Gasteiger partial charge in [0.25, 0.3) is 0 Å². The molecule has 39 heavy (non-hydrogen) atoms. The zero-order valence-electron chi connectivity index (χ0n) is 22.5. The molecule has 1 atom stereocenters. The van der Waals surface area contributed by atoms with Gasteiger partial charge in [-0.1, -0.05) is 65.9 Å². The van der Waals surface area contributed by atoms with Gasteiger partial charge in [-0.25, -0.2) is 0 Å². The second-order valence-corrected chi connectivity index (χ2v) is 10.4. The molecule has 0 radical (unpaired) electrons. The monoisotopic (exact) mass is 548 g/mol. The SMILES string of the molecule is C[NH2+]/C(=C\C=C(/N)CCCCc1nnc(NC(=O)Cc2ccccc2)s1)NC(=O)Cc1cccc(C(C)N)c1. The molecule has 1 heterocycles. The zero-order chi connectivity index (χ0) is 28.0. The predicted molar refractivity (Wildman–Crippen MR) is 155 cm³/mol. The van der Waals surface area contributed by atoms with Crippen LogP contribution in [0.4, 0.5) is 5.13 Å². The van der Waals surface area contributed by atoms with Crippen molar-refractivity contribution in [1.29, 1.82) is 0 Å². The molecule has 2 aromatic carbocycles. The molecule has 0 fully saturated rings. The maximum absolute atomic E-state index is 12.5. The first-order valence-corrected chi connectivity index (χ1v) is 13.9. The summed E-state index contributed by atoms with van der Waals surface area (Å²) in [6.45, 7) is 1.92. The number of carbonyl (C=O) groups is 2. The second kappa shape index (κ2) is 15.5. The van der Waals surface area contributed by atoms with Crippen molar-refractivity contribution in [2.24, 2.45) is 11.5 Å². The minimum atomic E-state index is -0.106. The molecule has 3 rings (SSSR count). The molecular weight excluding hydrogens is 510 g/mol. The molecular formula is C29H38N7O2S+. The van der Waals surface area contributed by atoms with Crippen LogP contribution in [0.1, 0.15) is 53.9 Å². The number of nitrogens with one attached hydrogen (secondary N) is 2. The summed E-state index contributed by atoms with van der Waals surface area (Å²) in [5, 5.41) is 17.2. The summed E-state index contributed by atoms with van der Waals surface area (Å²) in [6, 6.07) is 17.3. The van der Waals surface area contributed by atoms with Crippen LogP contribution in [0.5, 0.6) is 0 Å². The molecule has 0 aliphatic heterocycles. The van der Waals surface area contributed by atoms with Crippen molar-refractivity contribution < 1.29 is 14.9 Å². The second-order valence-electron chi connectivity index (χ2n) is 9.33. The highest BCUT2D eigenvalue weighted by Gasteiger charge is 2.10. The number of aryl methyl sites for hydroxylation is 1. The van der Waals surface area contributed by atoms with Crippen LogP contribution >= 0.6 is 11.3 Å². The molecule has 2 amide bonds. The van der Waals surface area contributed by atoms with Crippen molar-refractivity contribution in [2.45, 2.75) is 51.5 Å². The summed E-state index contributed by atoms with van der Waals surface area (Å²) < 4.78 is 0. The lowest BCUT2D eigenvalue weighted by atomic mass is 10.0. The molecule has 1 unspecified atom stereocenters. The maximum Gasteiger partial charge on any atom is 0.232 e. The van der Waals surface area contributed by atoms with E-state index in [-0.39, 0.29) is 24.3 Å². The van der Waals surface area contributed by atoms with Crippen LogP contribution in [0.2, 0.25) is 0 Å². The molecule has 206 valence electrons. The van der Waals surface area contributed by atoms with Crippen LogP contribution in [0.3, 0.4) is 0 Å². The standard InChI is InChI=1S/C29H37N7O2S/c1-20(30)23-12-8-11-22(17-23)19-26(37)33-25(32-2)16-15-24(31)13-6-7-14-28-35-36-29(39-28)34-27(38)18-21-9-4-3-5-10-21/h3-5,8-12,15-17,20,32H,6-7,13-14,18-19,30-31H2,1-2H3,(H,33,37)(H,34,36,38)/p+1/b24-15-,25-16+. The number of hydrogen-bond acceptors (Lipinski definition) is 7. The minimum Gasteiger partial charge on any atom is -0.402 e. The third kappa shape index (κ3) is 10.8. The van der Waals surface area contributed by atoms with E-state index in [2.05, 4.69) is 20.8 Å². The number of carbonyl (C=O) groups excluding carboxylic acids is 2. The van der Waals surface area contributed by atoms with Gasteiger partial charge in [0.2, 0.25) is 22.8 Å². The quantitative estimate of drug-likeness (QED) is 0.154. The molecule has 1 aromatic heterocycles. The van der Waals surface area contributed by atoms with E-state index in [4.69, 9.17) is 11.5 Å². The number of benzene rings is 2. The smallest absolute Gasteiger partial charge is 0.232 e. The van der Waals surface area contributed by atoms with Gasteiger partial charge in [0.15, 0.2) is 0 Å². The van der Waals surface area contributed by atoms with E-state index in [1.165, 1.54) is 11.3 Å². The van der Waals surface area contributed by atoms with Gasteiger partial charge in [-0.3, -0.25) is 14.9 Å². The molecule has 0 bridgehead atoms. The third-order valence-corrected chi connectivity index (χ3v) is 6.84. The highest BCUT2D eigenvalue weighted by Crippen LogP contribution is 2.18. The van der Waals surface area contributed by atoms with Crippen LogP contribution in [0.25, 0.3) is 0 Å². The Balaban J connectivity index is 1.38. The molecule has 9 nitrogen and oxygen atoms in total. The fourth-order valence-electron chi connectivity index (χ4n) is 3.82. The lowest BCUT2D eigenvalue weighted by Gasteiger charge is -2.09. The summed E-state index contributed by atoms with van der Waals surface area (Å²) in [6.07, 6.45) is 7.51. The van der Waals surface area contributed by atoms with Crippen LogP contribution < -0.4 is 27.4 Å². The van der Waals surface area contributed by atoms with Crippen LogP contribution in [-0.2, 0) is 28.9 Å². The summed E-state index contributed by atoms with van der Waals surface area (Å²) >= 11 is 1.40. The number of nitrogens with zero attached hydrogens (tertiary/aromatic N) is 2. The summed E-state index contributed by atoms with van der Waals surface area (Å²) in [4.78, 5) is 24.7. The molecule has 10 heteroatoms. The first-order valence-electron chi connectivity index (χ1n) is 13.1. The fraction of sp³-hybridized carbons (Fsp3) is 0.310. The number of hydrogen-bond donors (Lipinski definition) is 5. The molecule has 0 saturated carbocycles. The predicted octanol–water partition coefficient (Wildman–Crippen LogP) is 2.69. The molecule has 0 spiro atoms. The van der Waals surface area contributed by atoms with Crippen molar-refractivity contribution in [3.8, 4) is 0 Å². The van der Waals surface area contributed by atoms with Crippen molar-refractivity contribution in [3.05, 3.63) is 100.0 Å². The fourth-order valence-corrected chi connectivity index (χ4v) is 4.62. The van der Waals surface area contributed by atoms with Crippen LogP contribution in [0.15, 0.2) is 78.3 Å². The van der Waals surface area contributed by atoms with E-state index in [9.17, 15) is 9.59 Å². The number of quaternary nitrogens is 1. The zero-order valence-corrected chi connectivity index (χ0v) is 23.3. The first-order chi connectivity index (χ1) is 18.8. The van der Waals surface area contributed by atoms with E-state index < -0.39 is 0 Å². The lowest BCUT2D eigenvalue weighted by molar-refractivity contribution is -0.580. The van der Waals surface area contributed by atoms with Crippen LogP contribution in [-0.4, -0.2) is 29.1 Å². The van der Waals surface area contributed by atoms with E-state index in [0.717, 1.165) is 53.1 Å². The Morgan fingerprint density at radius 2 is 1.74 bits per heavy atom. The van der Waals surface area contributed by atoms with E-state index in [1.54, 1.807) is 0 Å². The van der Waals surface area contributed by atoms with E-state index in [0.29, 0.717) is 17.4 Å². The topological polar surface area (TPSA) is 153 Å². The van der Waals surface area contributed by atoms with Gasteiger partial charge in [0.1, 0.15) is 5.01 Å². The summed E-state index contributed by atoms with van der Waals surface area (Å²) in [5.74, 6) is 0.494. The molecule has 0 saturated heterocycles. The van der Waals surface area contributed by atoms with Crippen molar-refractivity contribution in [1.82, 2.24) is 15.5 Å². The molecule has 0 aliphatic rings. The van der Waals surface area contributed by atoms with Gasteiger partial charge in [-0.15, -0.1) is 10.2 Å². The first kappa shape index (κ1) is 29.7. The molecule has 3 aromatic rings. The maximum atomic E-state index is 12.5.